The van der Waals surface area contributed by atoms with Gasteiger partial charge >= 0.3 is 5.97 Å². The van der Waals surface area contributed by atoms with E-state index in [2.05, 4.69) is 0 Å². The van der Waals surface area contributed by atoms with Gasteiger partial charge in [0.05, 0.1) is 30.5 Å². The lowest BCUT2D eigenvalue weighted by atomic mass is 9.85. The first-order chi connectivity index (χ1) is 15.0. The van der Waals surface area contributed by atoms with Gasteiger partial charge in [0.1, 0.15) is 17.9 Å². The first kappa shape index (κ1) is 19.2. The Balaban J connectivity index is 1.44. The highest BCUT2D eigenvalue weighted by atomic mass is 19.1. The Morgan fingerprint density at radius 3 is 2.87 bits per heavy atom. The van der Waals surface area contributed by atoms with Crippen LogP contribution >= 0.6 is 0 Å². The van der Waals surface area contributed by atoms with E-state index in [9.17, 15) is 15.0 Å². The van der Waals surface area contributed by atoms with Gasteiger partial charge in [0, 0.05) is 24.6 Å². The van der Waals surface area contributed by atoms with Crippen LogP contribution in [0.25, 0.3) is 0 Å². The topological polar surface area (TPSA) is 91.7 Å². The molecule has 31 heavy (non-hydrogen) atoms. The molecule has 0 aromatic heterocycles. The highest BCUT2D eigenvalue weighted by molar-refractivity contribution is 5.97. The molecular formula is C22H25FN2O6. The summed E-state index contributed by atoms with van der Waals surface area (Å²) in [5, 5.41) is 20.1. The van der Waals surface area contributed by atoms with Crippen molar-refractivity contribution in [3.8, 4) is 5.75 Å². The van der Waals surface area contributed by atoms with E-state index in [4.69, 9.17) is 14.2 Å². The predicted octanol–water partition coefficient (Wildman–Crippen LogP) is 1.74. The minimum absolute atomic E-state index is 0.177. The van der Waals surface area contributed by atoms with Crippen molar-refractivity contribution in [2.75, 3.05) is 36.2 Å². The summed E-state index contributed by atoms with van der Waals surface area (Å²) < 4.78 is 32.7. The van der Waals surface area contributed by atoms with Crippen molar-refractivity contribution in [2.24, 2.45) is 0 Å². The van der Waals surface area contributed by atoms with E-state index in [1.165, 1.54) is 6.07 Å². The minimum Gasteiger partial charge on any atom is -0.487 e. The zero-order valence-electron chi connectivity index (χ0n) is 17.3. The molecular weight excluding hydrogens is 407 g/mol. The number of fused-ring (bicyclic) bond motifs is 3. The second-order valence-corrected chi connectivity index (χ2v) is 9.01. The summed E-state index contributed by atoms with van der Waals surface area (Å²) in [5.74, 6) is 0.0989. The molecule has 1 aromatic carbocycles. The van der Waals surface area contributed by atoms with Crippen LogP contribution in [0.4, 0.5) is 15.8 Å². The number of halogens is 1. The van der Waals surface area contributed by atoms with Crippen molar-refractivity contribution < 1.29 is 33.6 Å². The summed E-state index contributed by atoms with van der Waals surface area (Å²) in [4.78, 5) is 16.5. The fraction of sp³-hybridized carbons (Fsp3) is 0.591. The molecule has 3 atom stereocenters. The first-order valence-corrected chi connectivity index (χ1v) is 10.9. The van der Waals surface area contributed by atoms with Crippen LogP contribution in [0.1, 0.15) is 44.3 Å². The summed E-state index contributed by atoms with van der Waals surface area (Å²) in [6.07, 6.45) is 1.92. The normalized spacial score (nSPS) is 30.5. The summed E-state index contributed by atoms with van der Waals surface area (Å²) in [7, 11) is 0. The van der Waals surface area contributed by atoms with Gasteiger partial charge in [-0.3, -0.25) is 0 Å². The van der Waals surface area contributed by atoms with Crippen molar-refractivity contribution in [1.82, 2.24) is 0 Å². The van der Waals surface area contributed by atoms with Gasteiger partial charge in [-0.2, -0.15) is 0 Å². The number of anilines is 2. The summed E-state index contributed by atoms with van der Waals surface area (Å²) in [6.45, 7) is 2.40. The largest absolute Gasteiger partial charge is 0.487 e. The number of benzene rings is 1. The van der Waals surface area contributed by atoms with Crippen LogP contribution in [-0.2, 0) is 14.3 Å². The Labute approximate surface area is 178 Å². The summed E-state index contributed by atoms with van der Waals surface area (Å²) in [6, 6.07) is 1.40. The molecule has 7 rings (SSSR count). The number of nitrogens with zero attached hydrogens (tertiary/aromatic N) is 2. The van der Waals surface area contributed by atoms with Gasteiger partial charge in [-0.15, -0.1) is 0 Å². The molecule has 1 aliphatic carbocycles. The van der Waals surface area contributed by atoms with Gasteiger partial charge in [-0.05, 0) is 32.3 Å². The van der Waals surface area contributed by atoms with Crippen LogP contribution in [0, 0.1) is 5.82 Å². The number of carbonyl (C=O) groups excluding carboxylic acids is 1. The maximum Gasteiger partial charge on any atom is 0.343 e. The van der Waals surface area contributed by atoms with Crippen LogP contribution < -0.4 is 14.5 Å². The molecule has 1 unspecified atom stereocenters. The zero-order chi connectivity index (χ0) is 21.5. The second-order valence-electron chi connectivity index (χ2n) is 9.01. The molecule has 1 saturated carbocycles. The van der Waals surface area contributed by atoms with Gasteiger partial charge < -0.3 is 34.2 Å². The van der Waals surface area contributed by atoms with Gasteiger partial charge in [0.15, 0.2) is 17.7 Å². The Morgan fingerprint density at radius 1 is 1.35 bits per heavy atom. The number of rotatable bonds is 4. The van der Waals surface area contributed by atoms with E-state index < -0.39 is 23.5 Å². The molecule has 6 aliphatic rings. The molecule has 5 aliphatic heterocycles. The lowest BCUT2D eigenvalue weighted by molar-refractivity contribution is -0.142. The fourth-order valence-corrected chi connectivity index (χ4v) is 5.29. The number of esters is 1. The molecule has 2 N–H and O–H groups in total. The molecule has 0 radical (unpaired) electrons. The number of carbonyl (C=O) groups is 1. The standard InChI is InChI=1S/C22H25FN2O6/c1-2-29-21(27)15-18-13-7-14(23)17-19(16(13)25(11-3-4-11)20(15)31-18)30-9-12-8-22(28,10-26)5-6-24(12)17/h7,11-12,18,26,28H,2-6,8-10H2,1H3/t12-,18?,22-/m0/s1. The molecule has 2 fully saturated rings. The van der Waals surface area contributed by atoms with Crippen LogP contribution in [0.15, 0.2) is 17.5 Å². The Kier molecular flexibility index (Phi) is 4.02. The first-order valence-electron chi connectivity index (χ1n) is 10.9. The predicted molar refractivity (Wildman–Crippen MR) is 107 cm³/mol. The highest BCUT2D eigenvalue weighted by Crippen LogP contribution is 2.60. The molecule has 2 bridgehead atoms. The van der Waals surface area contributed by atoms with Crippen LogP contribution in [0.5, 0.6) is 5.75 Å². The van der Waals surface area contributed by atoms with E-state index in [0.717, 1.165) is 18.5 Å². The molecule has 0 spiro atoms. The van der Waals surface area contributed by atoms with Crippen molar-refractivity contribution in [1.29, 1.82) is 0 Å². The van der Waals surface area contributed by atoms with E-state index in [0.29, 0.717) is 54.4 Å². The third-order valence-electron chi connectivity index (χ3n) is 6.96. The SMILES string of the molecule is CCOC(=O)C1=C2OC1c1cc(F)c3c(c1N2C1CC1)OC[C@@H]1C[C@](O)(CO)CCN31. The molecule has 5 heterocycles. The lowest BCUT2D eigenvalue weighted by Gasteiger charge is -2.50. The highest BCUT2D eigenvalue weighted by Gasteiger charge is 2.55. The molecule has 9 heteroatoms. The zero-order valence-corrected chi connectivity index (χ0v) is 17.3. The van der Waals surface area contributed by atoms with Gasteiger partial charge in [0.2, 0.25) is 5.88 Å². The lowest BCUT2D eigenvalue weighted by Crippen LogP contribution is -2.56. The van der Waals surface area contributed by atoms with E-state index in [1.807, 2.05) is 9.80 Å². The van der Waals surface area contributed by atoms with Crippen molar-refractivity contribution in [2.45, 2.75) is 56.4 Å². The van der Waals surface area contributed by atoms with E-state index >= 15 is 4.39 Å². The van der Waals surface area contributed by atoms with Gasteiger partial charge in [0.25, 0.3) is 0 Å². The molecule has 0 amide bonds. The quantitative estimate of drug-likeness (QED) is 0.696. The monoisotopic (exact) mass is 432 g/mol. The fourth-order valence-electron chi connectivity index (χ4n) is 5.29. The average molecular weight is 432 g/mol. The van der Waals surface area contributed by atoms with E-state index in [1.54, 1.807) is 6.92 Å². The third kappa shape index (κ3) is 2.62. The van der Waals surface area contributed by atoms with Gasteiger partial charge in [-0.1, -0.05) is 0 Å². The minimum atomic E-state index is -1.17. The number of piperidine rings is 1. The van der Waals surface area contributed by atoms with Crippen molar-refractivity contribution >= 4 is 17.3 Å². The Bertz CT molecular complexity index is 1010. The molecule has 1 aromatic rings. The van der Waals surface area contributed by atoms with E-state index in [-0.39, 0.29) is 25.3 Å². The number of hydrogen-bond donors (Lipinski definition) is 2. The van der Waals surface area contributed by atoms with Crippen molar-refractivity contribution in [3.05, 3.63) is 28.9 Å². The summed E-state index contributed by atoms with van der Waals surface area (Å²) >= 11 is 0. The number of aliphatic hydroxyl groups excluding tert-OH is 1. The summed E-state index contributed by atoms with van der Waals surface area (Å²) in [5.41, 5.74) is 1.03. The molecule has 1 saturated heterocycles. The number of ether oxygens (including phenoxy) is 3. The average Bonchev–Trinajstić information content (AvgIpc) is 3.57. The second kappa shape index (κ2) is 6.49. The van der Waals surface area contributed by atoms with Gasteiger partial charge in [-0.25, -0.2) is 9.18 Å². The number of aliphatic hydroxyl groups is 2. The maximum absolute atomic E-state index is 15.5. The Morgan fingerprint density at radius 2 is 2.16 bits per heavy atom. The van der Waals surface area contributed by atoms with Crippen LogP contribution in [0.2, 0.25) is 0 Å². The Hall–Kier alpha value is -2.52. The van der Waals surface area contributed by atoms with Crippen molar-refractivity contribution in [3.63, 3.8) is 0 Å². The molecule has 166 valence electrons. The third-order valence-corrected chi connectivity index (χ3v) is 6.96. The van der Waals surface area contributed by atoms with Crippen LogP contribution in [-0.4, -0.2) is 60.2 Å². The maximum atomic E-state index is 15.5. The smallest absolute Gasteiger partial charge is 0.343 e. The molecule has 8 nitrogen and oxygen atoms in total. The van der Waals surface area contributed by atoms with Crippen LogP contribution in [0.3, 0.4) is 0 Å². The number of hydrogen-bond acceptors (Lipinski definition) is 8.